The highest BCUT2D eigenvalue weighted by molar-refractivity contribution is 6.36. The van der Waals surface area contributed by atoms with Crippen molar-refractivity contribution in [3.8, 4) is 0 Å². The highest BCUT2D eigenvalue weighted by atomic mass is 28.2. The van der Waals surface area contributed by atoms with Crippen molar-refractivity contribution >= 4 is 9.52 Å². The van der Waals surface area contributed by atoms with E-state index in [2.05, 4.69) is 0 Å². The van der Waals surface area contributed by atoms with Gasteiger partial charge in [0.15, 0.2) is 0 Å². The largest absolute Gasteiger partial charge is 0.360 e. The quantitative estimate of drug-likeness (QED) is 0.326. The number of methoxy groups -OCH3 is 2. The molecule has 0 aromatic carbocycles. The van der Waals surface area contributed by atoms with Crippen molar-refractivity contribution in [1.82, 2.24) is 0 Å². The van der Waals surface area contributed by atoms with E-state index in [1.54, 1.807) is 14.2 Å². The van der Waals surface area contributed by atoms with E-state index in [9.17, 15) is 0 Å². The van der Waals surface area contributed by atoms with Crippen molar-refractivity contribution in [2.24, 2.45) is 5.73 Å². The van der Waals surface area contributed by atoms with Gasteiger partial charge in [0.2, 0.25) is 0 Å². The molecule has 3 nitrogen and oxygen atoms in total. The first-order chi connectivity index (χ1) is 4.85. The lowest BCUT2D eigenvalue weighted by atomic mass is 10.5. The maximum Gasteiger partial charge on any atom is 0.134 e. The van der Waals surface area contributed by atoms with Crippen LogP contribution in [0.2, 0.25) is 6.04 Å². The zero-order chi connectivity index (χ0) is 7.82. The molecule has 0 fully saturated rings. The first-order valence-corrected chi connectivity index (χ1v) is 5.42. The van der Waals surface area contributed by atoms with Crippen LogP contribution >= 0.6 is 0 Å². The van der Waals surface area contributed by atoms with Gasteiger partial charge in [-0.2, -0.15) is 0 Å². The Morgan fingerprint density at radius 2 is 2.00 bits per heavy atom. The zero-order valence-electron chi connectivity index (χ0n) is 6.80. The molecule has 0 atom stereocenters. The molecule has 10 heavy (non-hydrogen) atoms. The molecule has 0 aromatic heterocycles. The molecule has 0 aliphatic carbocycles. The molecule has 0 unspecified atom stereocenters. The van der Waals surface area contributed by atoms with Gasteiger partial charge in [0.1, 0.15) is 5.91 Å². The number of hydrogen-bond acceptors (Lipinski definition) is 3. The summed E-state index contributed by atoms with van der Waals surface area (Å²) in [7, 11) is 3.16. The molecule has 0 rings (SSSR count). The van der Waals surface area contributed by atoms with E-state index in [1.165, 1.54) is 6.04 Å². The molecule has 0 aromatic rings. The number of nitrogens with two attached hydrogens (primary N) is 1. The van der Waals surface area contributed by atoms with Crippen LogP contribution in [0.5, 0.6) is 0 Å². The van der Waals surface area contributed by atoms with Gasteiger partial charge in [-0.15, -0.1) is 0 Å². The molecule has 0 aliphatic rings. The Hall–Kier alpha value is 0.0969. The highest BCUT2D eigenvalue weighted by Crippen LogP contribution is 1.94. The van der Waals surface area contributed by atoms with E-state index in [-0.39, 0.29) is 15.4 Å². The first kappa shape index (κ1) is 10.1. The smallest absolute Gasteiger partial charge is 0.134 e. The second-order valence-electron chi connectivity index (χ2n) is 2.19. The van der Waals surface area contributed by atoms with Crippen LogP contribution in [-0.2, 0) is 9.47 Å². The number of hydrogen-bond donors (Lipinski definition) is 1. The number of ether oxygens (including phenoxy) is 2. The van der Waals surface area contributed by atoms with Gasteiger partial charge in [0.25, 0.3) is 0 Å². The summed E-state index contributed by atoms with van der Waals surface area (Å²) >= 11 is 0. The average Bonchev–Trinajstić information content (AvgIpc) is 1.99. The Morgan fingerprint density at radius 3 is 2.40 bits per heavy atom. The normalized spacial score (nSPS) is 12.0. The molecule has 2 N–H and O–H groups in total. The molecule has 0 heterocycles. The van der Waals surface area contributed by atoms with Gasteiger partial charge in [-0.05, 0) is 13.0 Å². The van der Waals surface area contributed by atoms with Gasteiger partial charge in [0, 0.05) is 14.2 Å². The Kier molecular flexibility index (Phi) is 7.28. The Balaban J connectivity index is 3.09. The van der Waals surface area contributed by atoms with Crippen molar-refractivity contribution < 1.29 is 9.47 Å². The van der Waals surface area contributed by atoms with Crippen molar-refractivity contribution in [3.05, 3.63) is 0 Å². The third kappa shape index (κ3) is 4.93. The van der Waals surface area contributed by atoms with Gasteiger partial charge in [-0.3, -0.25) is 0 Å². The van der Waals surface area contributed by atoms with E-state index in [0.717, 1.165) is 13.0 Å². The van der Waals surface area contributed by atoms with E-state index in [0.29, 0.717) is 0 Å². The molecule has 62 valence electrons. The van der Waals surface area contributed by atoms with Crippen LogP contribution in [0.3, 0.4) is 0 Å². The van der Waals surface area contributed by atoms with E-state index in [4.69, 9.17) is 15.2 Å². The minimum absolute atomic E-state index is 0.0894. The van der Waals surface area contributed by atoms with Gasteiger partial charge in [-0.25, -0.2) is 0 Å². The predicted octanol–water partition coefficient (Wildman–Crippen LogP) is -0.501. The predicted molar refractivity (Wildman–Crippen MR) is 44.8 cm³/mol. The molecule has 0 bridgehead atoms. The monoisotopic (exact) mass is 163 g/mol. The van der Waals surface area contributed by atoms with E-state index >= 15 is 0 Å². The SMILES string of the molecule is COC(OC)[SiH2]CCCN. The van der Waals surface area contributed by atoms with Crippen LogP contribution in [0.25, 0.3) is 0 Å². The fraction of sp³-hybridized carbons (Fsp3) is 1.00. The summed E-state index contributed by atoms with van der Waals surface area (Å²) in [5.74, 6) is 0.0894. The molecule has 0 aliphatic heterocycles. The van der Waals surface area contributed by atoms with E-state index < -0.39 is 0 Å². The van der Waals surface area contributed by atoms with Crippen molar-refractivity contribution in [3.63, 3.8) is 0 Å². The summed E-state index contributed by atoms with van der Waals surface area (Å²) < 4.78 is 10.1. The molecule has 0 amide bonds. The maximum atomic E-state index is 5.34. The summed E-state index contributed by atoms with van der Waals surface area (Å²) in [6, 6.07) is 1.21. The maximum absolute atomic E-state index is 5.34. The van der Waals surface area contributed by atoms with Crippen molar-refractivity contribution in [2.75, 3.05) is 20.8 Å². The minimum Gasteiger partial charge on any atom is -0.360 e. The van der Waals surface area contributed by atoms with Crippen LogP contribution in [0.4, 0.5) is 0 Å². The van der Waals surface area contributed by atoms with E-state index in [1.807, 2.05) is 0 Å². The summed E-state index contributed by atoms with van der Waals surface area (Å²) in [5, 5.41) is 0. The third-order valence-corrected chi connectivity index (χ3v) is 3.47. The van der Waals surface area contributed by atoms with Gasteiger partial charge in [-0.1, -0.05) is 6.04 Å². The average molecular weight is 163 g/mol. The molecule has 0 saturated heterocycles. The minimum atomic E-state index is -0.210. The van der Waals surface area contributed by atoms with Crippen LogP contribution in [0, 0.1) is 0 Å². The lowest BCUT2D eigenvalue weighted by Gasteiger charge is -2.11. The fourth-order valence-electron chi connectivity index (χ4n) is 0.787. The summed E-state index contributed by atoms with van der Waals surface area (Å²) in [4.78, 5) is 0. The summed E-state index contributed by atoms with van der Waals surface area (Å²) in [5.41, 5.74) is 5.34. The van der Waals surface area contributed by atoms with Crippen LogP contribution < -0.4 is 5.73 Å². The molecule has 0 radical (unpaired) electrons. The summed E-state index contributed by atoms with van der Waals surface area (Å²) in [6.45, 7) is 0.785. The van der Waals surface area contributed by atoms with Gasteiger partial charge in [0.05, 0.1) is 9.52 Å². The lowest BCUT2D eigenvalue weighted by molar-refractivity contribution is -0.0441. The Labute approximate surface area is 64.7 Å². The Bertz CT molecular complexity index is 68.8. The van der Waals surface area contributed by atoms with Gasteiger partial charge >= 0.3 is 0 Å². The highest BCUT2D eigenvalue weighted by Gasteiger charge is 2.03. The van der Waals surface area contributed by atoms with Crippen LogP contribution in [0.15, 0.2) is 0 Å². The second-order valence-corrected chi connectivity index (χ2v) is 4.14. The number of rotatable bonds is 6. The zero-order valence-corrected chi connectivity index (χ0v) is 8.21. The molecule has 0 spiro atoms. The first-order valence-electron chi connectivity index (χ1n) is 3.60. The standard InChI is InChI=1S/C6H17NO2Si/c1-8-6(9-2)10-5-3-4-7/h6H,3-5,7,10H2,1-2H3. The Morgan fingerprint density at radius 1 is 1.40 bits per heavy atom. The summed E-state index contributed by atoms with van der Waals surface area (Å²) in [6.07, 6.45) is 1.11. The topological polar surface area (TPSA) is 44.5 Å². The second kappa shape index (κ2) is 7.21. The molecular weight excluding hydrogens is 146 g/mol. The third-order valence-electron chi connectivity index (χ3n) is 1.42. The fourth-order valence-corrected chi connectivity index (χ4v) is 2.17. The molecule has 0 saturated carbocycles. The van der Waals surface area contributed by atoms with Crippen molar-refractivity contribution in [2.45, 2.75) is 18.4 Å². The molecule has 4 heteroatoms. The molecular formula is C6H17NO2Si. The lowest BCUT2D eigenvalue weighted by Crippen LogP contribution is -2.21. The van der Waals surface area contributed by atoms with Crippen LogP contribution in [0.1, 0.15) is 6.42 Å². The van der Waals surface area contributed by atoms with Crippen molar-refractivity contribution in [1.29, 1.82) is 0 Å². The van der Waals surface area contributed by atoms with Crippen LogP contribution in [-0.4, -0.2) is 36.2 Å². The van der Waals surface area contributed by atoms with Gasteiger partial charge < -0.3 is 15.2 Å².